The highest BCUT2D eigenvalue weighted by Gasteiger charge is 2.18. The van der Waals surface area contributed by atoms with Crippen LogP contribution in [0.3, 0.4) is 0 Å². The van der Waals surface area contributed by atoms with Gasteiger partial charge in [0.15, 0.2) is 5.69 Å². The molecule has 0 fully saturated rings. The number of methoxy groups -OCH3 is 1. The fraction of sp³-hybridized carbons (Fsp3) is 0.0526. The fourth-order valence-corrected chi connectivity index (χ4v) is 2.52. The normalized spacial score (nSPS) is 10.2. The van der Waals surface area contributed by atoms with Gasteiger partial charge in [-0.15, -0.1) is 0 Å². The Morgan fingerprint density at radius 2 is 1.57 bits per heavy atom. The second kappa shape index (κ2) is 8.04. The summed E-state index contributed by atoms with van der Waals surface area (Å²) >= 11 is 0. The maximum atomic E-state index is 12.4. The standard InChI is InChI=1S/C19H17N5O4/c1-28-14-5-3-2-4-13(14)18(26)23-11-6-8-12(9-7-11)24-19(27)16-15(17(20)25)21-10-22-16/h2-10H,1H3,(H2,20,25)(H,21,22)(H,23,26)(H,24,27). The zero-order valence-corrected chi connectivity index (χ0v) is 14.9. The van der Waals surface area contributed by atoms with E-state index in [1.54, 1.807) is 48.5 Å². The first-order chi connectivity index (χ1) is 13.5. The van der Waals surface area contributed by atoms with Crippen LogP contribution in [0.15, 0.2) is 54.9 Å². The van der Waals surface area contributed by atoms with Crippen molar-refractivity contribution in [2.75, 3.05) is 17.7 Å². The lowest BCUT2D eigenvalue weighted by atomic mass is 10.2. The van der Waals surface area contributed by atoms with Crippen molar-refractivity contribution >= 4 is 29.1 Å². The Morgan fingerprint density at radius 1 is 0.964 bits per heavy atom. The first-order valence-corrected chi connectivity index (χ1v) is 8.18. The molecule has 0 radical (unpaired) electrons. The Labute approximate surface area is 159 Å². The van der Waals surface area contributed by atoms with Gasteiger partial charge in [-0.25, -0.2) is 4.98 Å². The average molecular weight is 379 g/mol. The van der Waals surface area contributed by atoms with Gasteiger partial charge < -0.3 is 26.1 Å². The van der Waals surface area contributed by atoms with Crippen molar-refractivity contribution in [2.45, 2.75) is 0 Å². The molecule has 9 nitrogen and oxygen atoms in total. The van der Waals surface area contributed by atoms with Crippen LogP contribution >= 0.6 is 0 Å². The molecular weight excluding hydrogens is 362 g/mol. The van der Waals surface area contributed by atoms with Crippen molar-refractivity contribution in [3.8, 4) is 5.75 Å². The van der Waals surface area contributed by atoms with Gasteiger partial charge in [-0.1, -0.05) is 12.1 Å². The van der Waals surface area contributed by atoms with E-state index in [-0.39, 0.29) is 17.3 Å². The molecule has 0 aliphatic heterocycles. The molecule has 142 valence electrons. The highest BCUT2D eigenvalue weighted by molar-refractivity contribution is 6.10. The maximum absolute atomic E-state index is 12.4. The molecule has 3 amide bonds. The van der Waals surface area contributed by atoms with Crippen molar-refractivity contribution in [3.05, 3.63) is 71.8 Å². The highest BCUT2D eigenvalue weighted by Crippen LogP contribution is 2.20. The van der Waals surface area contributed by atoms with Gasteiger partial charge in [0.25, 0.3) is 17.7 Å². The molecule has 5 N–H and O–H groups in total. The maximum Gasteiger partial charge on any atom is 0.274 e. The Balaban J connectivity index is 1.68. The lowest BCUT2D eigenvalue weighted by Crippen LogP contribution is -2.20. The number of nitrogens with zero attached hydrogens (tertiary/aromatic N) is 1. The number of aromatic amines is 1. The lowest BCUT2D eigenvalue weighted by molar-refractivity contribution is 0.0972. The molecule has 28 heavy (non-hydrogen) atoms. The highest BCUT2D eigenvalue weighted by atomic mass is 16.5. The summed E-state index contributed by atoms with van der Waals surface area (Å²) in [6.45, 7) is 0. The number of carbonyl (C=O) groups is 3. The number of imidazole rings is 1. The SMILES string of the molecule is COc1ccccc1C(=O)Nc1ccc(NC(=O)c2[nH]cnc2C(N)=O)cc1. The van der Waals surface area contributed by atoms with Gasteiger partial charge >= 0.3 is 0 Å². The van der Waals surface area contributed by atoms with Gasteiger partial charge in [0.05, 0.1) is 19.0 Å². The third-order valence-electron chi connectivity index (χ3n) is 3.85. The first kappa shape index (κ1) is 18.6. The lowest BCUT2D eigenvalue weighted by Gasteiger charge is -2.10. The molecule has 0 spiro atoms. The molecule has 0 saturated carbocycles. The smallest absolute Gasteiger partial charge is 0.274 e. The summed E-state index contributed by atoms with van der Waals surface area (Å²) in [5.74, 6) is -1.22. The number of carbonyl (C=O) groups excluding carboxylic acids is 3. The van der Waals surface area contributed by atoms with E-state index in [0.717, 1.165) is 0 Å². The summed E-state index contributed by atoms with van der Waals surface area (Å²) in [5, 5.41) is 5.38. The number of aromatic nitrogens is 2. The topological polar surface area (TPSA) is 139 Å². The number of ether oxygens (including phenoxy) is 1. The number of hydrogen-bond acceptors (Lipinski definition) is 5. The van der Waals surface area contributed by atoms with E-state index < -0.39 is 11.8 Å². The van der Waals surface area contributed by atoms with Crippen LogP contribution in [0.1, 0.15) is 31.3 Å². The quantitative estimate of drug-likeness (QED) is 0.519. The Bertz CT molecular complexity index is 1030. The molecule has 3 rings (SSSR count). The van der Waals surface area contributed by atoms with Crippen LogP contribution in [-0.2, 0) is 0 Å². The minimum absolute atomic E-state index is 0.0268. The third-order valence-corrected chi connectivity index (χ3v) is 3.85. The van der Waals surface area contributed by atoms with E-state index in [2.05, 4.69) is 20.6 Å². The van der Waals surface area contributed by atoms with Gasteiger partial charge in [0.1, 0.15) is 11.4 Å². The fourth-order valence-electron chi connectivity index (χ4n) is 2.52. The van der Waals surface area contributed by atoms with E-state index in [1.165, 1.54) is 13.4 Å². The van der Waals surface area contributed by atoms with E-state index >= 15 is 0 Å². The Hall–Kier alpha value is -4.14. The first-order valence-electron chi connectivity index (χ1n) is 8.18. The monoisotopic (exact) mass is 379 g/mol. The largest absolute Gasteiger partial charge is 0.496 e. The molecule has 0 saturated heterocycles. The molecule has 1 heterocycles. The minimum Gasteiger partial charge on any atom is -0.496 e. The molecule has 0 bridgehead atoms. The molecule has 3 aromatic rings. The number of hydrogen-bond donors (Lipinski definition) is 4. The second-order valence-corrected chi connectivity index (χ2v) is 5.68. The van der Waals surface area contributed by atoms with Crippen LogP contribution in [0.4, 0.5) is 11.4 Å². The van der Waals surface area contributed by atoms with Gasteiger partial charge in [-0.2, -0.15) is 0 Å². The Kier molecular flexibility index (Phi) is 5.35. The average Bonchev–Trinajstić information content (AvgIpc) is 3.20. The number of benzene rings is 2. The number of para-hydroxylation sites is 1. The van der Waals surface area contributed by atoms with Crippen LogP contribution < -0.4 is 21.1 Å². The predicted octanol–water partition coefficient (Wildman–Crippen LogP) is 2.02. The molecule has 0 atom stereocenters. The van der Waals surface area contributed by atoms with Crippen molar-refractivity contribution < 1.29 is 19.1 Å². The van der Waals surface area contributed by atoms with Crippen molar-refractivity contribution in [3.63, 3.8) is 0 Å². The summed E-state index contributed by atoms with van der Waals surface area (Å²) < 4.78 is 5.18. The number of rotatable bonds is 6. The van der Waals surface area contributed by atoms with Gasteiger partial charge in [-0.05, 0) is 36.4 Å². The van der Waals surface area contributed by atoms with E-state index in [0.29, 0.717) is 22.7 Å². The zero-order valence-electron chi connectivity index (χ0n) is 14.9. The molecule has 9 heteroatoms. The number of primary amides is 1. The number of nitrogens with one attached hydrogen (secondary N) is 3. The van der Waals surface area contributed by atoms with Gasteiger partial charge in [0.2, 0.25) is 0 Å². The van der Waals surface area contributed by atoms with Crippen LogP contribution in [0.25, 0.3) is 0 Å². The molecule has 0 aliphatic rings. The second-order valence-electron chi connectivity index (χ2n) is 5.68. The van der Waals surface area contributed by atoms with E-state index in [9.17, 15) is 14.4 Å². The van der Waals surface area contributed by atoms with Crippen molar-refractivity contribution in [1.82, 2.24) is 9.97 Å². The molecule has 0 unspecified atom stereocenters. The van der Waals surface area contributed by atoms with E-state index in [1.807, 2.05) is 0 Å². The summed E-state index contributed by atoms with van der Waals surface area (Å²) in [6, 6.07) is 13.3. The van der Waals surface area contributed by atoms with Crippen molar-refractivity contribution in [2.24, 2.45) is 5.73 Å². The number of anilines is 2. The van der Waals surface area contributed by atoms with Gasteiger partial charge in [0, 0.05) is 11.4 Å². The summed E-state index contributed by atoms with van der Waals surface area (Å²) in [4.78, 5) is 42.2. The van der Waals surface area contributed by atoms with Crippen LogP contribution in [0, 0.1) is 0 Å². The van der Waals surface area contributed by atoms with Crippen molar-refractivity contribution in [1.29, 1.82) is 0 Å². The number of H-pyrrole nitrogens is 1. The molecule has 0 aliphatic carbocycles. The zero-order chi connectivity index (χ0) is 20.1. The third kappa shape index (κ3) is 3.98. The number of nitrogens with two attached hydrogens (primary N) is 1. The van der Waals surface area contributed by atoms with Crippen LogP contribution in [0.2, 0.25) is 0 Å². The summed E-state index contributed by atoms with van der Waals surface area (Å²) in [5.41, 5.74) is 6.41. The predicted molar refractivity (Wildman–Crippen MR) is 102 cm³/mol. The summed E-state index contributed by atoms with van der Waals surface area (Å²) in [6.07, 6.45) is 1.21. The van der Waals surface area contributed by atoms with Crippen LogP contribution in [-0.4, -0.2) is 34.8 Å². The van der Waals surface area contributed by atoms with Crippen LogP contribution in [0.5, 0.6) is 5.75 Å². The van der Waals surface area contributed by atoms with Gasteiger partial charge in [-0.3, -0.25) is 14.4 Å². The minimum atomic E-state index is -0.805. The Morgan fingerprint density at radius 3 is 2.18 bits per heavy atom. The molecular formula is C19H17N5O4. The van der Waals surface area contributed by atoms with E-state index in [4.69, 9.17) is 10.5 Å². The number of amides is 3. The summed E-state index contributed by atoms with van der Waals surface area (Å²) in [7, 11) is 1.49. The molecule has 2 aromatic carbocycles. The molecule has 1 aromatic heterocycles.